The third-order valence-electron chi connectivity index (χ3n) is 3.77. The number of para-hydroxylation sites is 1. The Morgan fingerprint density at radius 1 is 1.30 bits per heavy atom. The van der Waals surface area contributed by atoms with Crippen molar-refractivity contribution in [2.75, 3.05) is 17.8 Å². The largest absolute Gasteiger partial charge is 0.324 e. The van der Waals surface area contributed by atoms with Crippen molar-refractivity contribution in [3.8, 4) is 0 Å². The first-order chi connectivity index (χ1) is 9.40. The van der Waals surface area contributed by atoms with Crippen LogP contribution in [0.2, 0.25) is 0 Å². The quantitative estimate of drug-likeness (QED) is 0.893. The fourth-order valence-corrected chi connectivity index (χ4v) is 3.70. The van der Waals surface area contributed by atoms with Crippen LogP contribution in [-0.2, 0) is 10.2 Å². The van der Waals surface area contributed by atoms with Gasteiger partial charge in [0.1, 0.15) is 0 Å². The minimum absolute atomic E-state index is 0.213. The fraction of sp³-hybridized carbons (Fsp3) is 0.571. The van der Waals surface area contributed by atoms with Crippen LogP contribution < -0.4 is 10.5 Å². The van der Waals surface area contributed by atoms with Gasteiger partial charge in [0, 0.05) is 19.1 Å². The summed E-state index contributed by atoms with van der Waals surface area (Å²) in [4.78, 5) is 0. The average molecular weight is 297 g/mol. The predicted octanol–water partition coefficient (Wildman–Crippen LogP) is 2.09. The predicted molar refractivity (Wildman–Crippen MR) is 81.6 cm³/mol. The molecule has 1 atom stereocenters. The molecule has 3 N–H and O–H groups in total. The van der Waals surface area contributed by atoms with E-state index in [-0.39, 0.29) is 6.04 Å². The number of hydrogen-bond acceptors (Lipinski definition) is 3. The van der Waals surface area contributed by atoms with E-state index < -0.39 is 10.2 Å². The zero-order valence-electron chi connectivity index (χ0n) is 12.0. The maximum atomic E-state index is 12.4. The van der Waals surface area contributed by atoms with E-state index in [0.717, 1.165) is 18.4 Å². The van der Waals surface area contributed by atoms with Crippen LogP contribution >= 0.6 is 0 Å². The summed E-state index contributed by atoms with van der Waals surface area (Å²) in [5.74, 6) is 0.595. The zero-order valence-corrected chi connectivity index (χ0v) is 12.9. The molecule has 2 rings (SSSR count). The van der Waals surface area contributed by atoms with Gasteiger partial charge in [-0.25, -0.2) is 0 Å². The van der Waals surface area contributed by atoms with Gasteiger partial charge in [-0.3, -0.25) is 4.72 Å². The summed E-state index contributed by atoms with van der Waals surface area (Å²) in [5, 5.41) is 0. The van der Waals surface area contributed by atoms with Crippen molar-refractivity contribution in [3.63, 3.8) is 0 Å². The van der Waals surface area contributed by atoms with E-state index in [2.05, 4.69) is 11.6 Å². The van der Waals surface area contributed by atoms with E-state index in [4.69, 9.17) is 5.73 Å². The molecule has 6 heteroatoms. The molecule has 1 aromatic carbocycles. The van der Waals surface area contributed by atoms with Crippen LogP contribution in [0.4, 0.5) is 5.69 Å². The molecule has 0 radical (unpaired) electrons. The van der Waals surface area contributed by atoms with Crippen LogP contribution in [0, 0.1) is 5.92 Å². The van der Waals surface area contributed by atoms with Gasteiger partial charge in [0.25, 0.3) is 0 Å². The Kier molecular flexibility index (Phi) is 4.67. The molecular formula is C14H23N3O2S. The number of benzene rings is 1. The Hall–Kier alpha value is -1.11. The molecule has 112 valence electrons. The van der Waals surface area contributed by atoms with Crippen LogP contribution in [-0.4, -0.2) is 25.8 Å². The first-order valence-electron chi connectivity index (χ1n) is 7.02. The van der Waals surface area contributed by atoms with Gasteiger partial charge in [-0.15, -0.1) is 0 Å². The van der Waals surface area contributed by atoms with Gasteiger partial charge >= 0.3 is 10.2 Å². The molecule has 1 unspecified atom stereocenters. The molecule has 0 amide bonds. The van der Waals surface area contributed by atoms with Crippen molar-refractivity contribution in [3.05, 3.63) is 29.8 Å². The van der Waals surface area contributed by atoms with Crippen molar-refractivity contribution < 1.29 is 8.42 Å². The lowest BCUT2D eigenvalue weighted by atomic mass is 10.0. The Bertz CT molecular complexity index is 549. The summed E-state index contributed by atoms with van der Waals surface area (Å²) in [6.45, 7) is 5.16. The highest BCUT2D eigenvalue weighted by Gasteiger charge is 2.27. The van der Waals surface area contributed by atoms with Crippen molar-refractivity contribution in [1.82, 2.24) is 4.31 Å². The Morgan fingerprint density at radius 2 is 1.90 bits per heavy atom. The van der Waals surface area contributed by atoms with E-state index in [1.165, 1.54) is 4.31 Å². The zero-order chi connectivity index (χ0) is 14.8. The lowest BCUT2D eigenvalue weighted by Gasteiger charge is -2.30. The summed E-state index contributed by atoms with van der Waals surface area (Å²) in [6.07, 6.45) is 1.83. The van der Waals surface area contributed by atoms with Crippen LogP contribution in [0.15, 0.2) is 24.3 Å². The molecule has 0 saturated carbocycles. The van der Waals surface area contributed by atoms with Crippen molar-refractivity contribution in [1.29, 1.82) is 0 Å². The maximum Gasteiger partial charge on any atom is 0.301 e. The van der Waals surface area contributed by atoms with E-state index in [1.807, 2.05) is 25.1 Å². The summed E-state index contributed by atoms with van der Waals surface area (Å²) in [7, 11) is -3.49. The summed E-state index contributed by atoms with van der Waals surface area (Å²) < 4.78 is 29.0. The van der Waals surface area contributed by atoms with E-state index in [9.17, 15) is 8.42 Å². The maximum absolute atomic E-state index is 12.4. The van der Waals surface area contributed by atoms with Crippen LogP contribution in [0.25, 0.3) is 0 Å². The molecule has 20 heavy (non-hydrogen) atoms. The number of nitrogens with two attached hydrogens (primary N) is 1. The normalized spacial score (nSPS) is 19.8. The SMILES string of the molecule is CC1CCN(S(=O)(=O)Nc2ccccc2C(C)N)CC1. The Labute approximate surface area is 121 Å². The molecule has 0 aliphatic carbocycles. The van der Waals surface area contributed by atoms with Gasteiger partial charge in [-0.2, -0.15) is 12.7 Å². The minimum atomic E-state index is -3.49. The number of nitrogens with one attached hydrogen (secondary N) is 1. The van der Waals surface area contributed by atoms with E-state index in [1.54, 1.807) is 6.07 Å². The molecule has 1 fully saturated rings. The van der Waals surface area contributed by atoms with Crippen molar-refractivity contribution >= 4 is 15.9 Å². The van der Waals surface area contributed by atoms with Gasteiger partial charge in [-0.05, 0) is 37.3 Å². The highest BCUT2D eigenvalue weighted by Crippen LogP contribution is 2.24. The Morgan fingerprint density at radius 3 is 2.50 bits per heavy atom. The summed E-state index contributed by atoms with van der Waals surface area (Å²) in [6, 6.07) is 7.06. The van der Waals surface area contributed by atoms with Gasteiger partial charge in [0.15, 0.2) is 0 Å². The van der Waals surface area contributed by atoms with Crippen LogP contribution in [0.3, 0.4) is 0 Å². The standard InChI is InChI=1S/C14H23N3O2S/c1-11-7-9-17(10-8-11)20(18,19)16-14-6-4-3-5-13(14)12(2)15/h3-6,11-12,16H,7-10,15H2,1-2H3. The van der Waals surface area contributed by atoms with E-state index >= 15 is 0 Å². The topological polar surface area (TPSA) is 75.4 Å². The second-order valence-corrected chi connectivity index (χ2v) is 7.24. The average Bonchev–Trinajstić information content (AvgIpc) is 2.39. The monoisotopic (exact) mass is 297 g/mol. The molecule has 0 aromatic heterocycles. The first kappa shape index (κ1) is 15.3. The molecular weight excluding hydrogens is 274 g/mol. The number of anilines is 1. The highest BCUT2D eigenvalue weighted by atomic mass is 32.2. The fourth-order valence-electron chi connectivity index (χ4n) is 2.42. The van der Waals surface area contributed by atoms with E-state index in [0.29, 0.717) is 24.7 Å². The lowest BCUT2D eigenvalue weighted by Crippen LogP contribution is -2.41. The summed E-state index contributed by atoms with van der Waals surface area (Å²) >= 11 is 0. The number of piperidine rings is 1. The van der Waals surface area contributed by atoms with Gasteiger partial charge < -0.3 is 5.73 Å². The minimum Gasteiger partial charge on any atom is -0.324 e. The molecule has 1 aromatic rings. The number of nitrogens with zero attached hydrogens (tertiary/aromatic N) is 1. The molecule has 0 bridgehead atoms. The molecule has 1 saturated heterocycles. The third-order valence-corrected chi connectivity index (χ3v) is 5.30. The number of rotatable bonds is 4. The second kappa shape index (κ2) is 6.11. The molecule has 5 nitrogen and oxygen atoms in total. The molecule has 0 spiro atoms. The smallest absolute Gasteiger partial charge is 0.301 e. The van der Waals surface area contributed by atoms with Crippen LogP contribution in [0.5, 0.6) is 0 Å². The summed E-state index contributed by atoms with van der Waals surface area (Å²) in [5.41, 5.74) is 7.26. The third kappa shape index (κ3) is 3.50. The highest BCUT2D eigenvalue weighted by molar-refractivity contribution is 7.90. The van der Waals surface area contributed by atoms with Crippen LogP contribution in [0.1, 0.15) is 38.3 Å². The van der Waals surface area contributed by atoms with Gasteiger partial charge in [0.05, 0.1) is 5.69 Å². The molecule has 1 aliphatic heterocycles. The Balaban J connectivity index is 2.16. The number of hydrogen-bond donors (Lipinski definition) is 2. The van der Waals surface area contributed by atoms with Crippen molar-refractivity contribution in [2.45, 2.75) is 32.7 Å². The molecule has 1 aliphatic rings. The molecule has 1 heterocycles. The lowest BCUT2D eigenvalue weighted by molar-refractivity contribution is 0.289. The van der Waals surface area contributed by atoms with Crippen molar-refractivity contribution in [2.24, 2.45) is 11.7 Å². The van der Waals surface area contributed by atoms with Gasteiger partial charge in [0.2, 0.25) is 0 Å². The first-order valence-corrected chi connectivity index (χ1v) is 8.46. The second-order valence-electron chi connectivity index (χ2n) is 5.56. The van der Waals surface area contributed by atoms with Gasteiger partial charge in [-0.1, -0.05) is 25.1 Å².